The van der Waals surface area contributed by atoms with Gasteiger partial charge >= 0.3 is 5.69 Å². The average Bonchev–Trinajstić information content (AvgIpc) is 3.06. The molecular weight excluding hydrogens is 398 g/mol. The van der Waals surface area contributed by atoms with E-state index in [2.05, 4.69) is 15.5 Å². The number of nitrogens with zero attached hydrogens (tertiary/aromatic N) is 3. The Morgan fingerprint density at radius 3 is 2.76 bits per heavy atom. The van der Waals surface area contributed by atoms with Crippen LogP contribution in [-0.4, -0.2) is 36.2 Å². The quantitative estimate of drug-likeness (QED) is 0.343. The van der Waals surface area contributed by atoms with Crippen molar-refractivity contribution in [2.24, 2.45) is 5.10 Å². The Bertz CT molecular complexity index is 1110. The van der Waals surface area contributed by atoms with Crippen LogP contribution in [0.25, 0.3) is 10.2 Å². The van der Waals surface area contributed by atoms with Gasteiger partial charge in [0, 0.05) is 17.7 Å². The molecule has 0 unspecified atom stereocenters. The molecule has 0 saturated heterocycles. The van der Waals surface area contributed by atoms with Crippen molar-refractivity contribution >= 4 is 44.5 Å². The van der Waals surface area contributed by atoms with Gasteiger partial charge in [-0.2, -0.15) is 5.10 Å². The second kappa shape index (κ2) is 8.52. The van der Waals surface area contributed by atoms with E-state index in [0.717, 1.165) is 15.8 Å². The zero-order valence-electron chi connectivity index (χ0n) is 15.5. The minimum Gasteiger partial charge on any atom is -0.496 e. The van der Waals surface area contributed by atoms with Gasteiger partial charge in [0.15, 0.2) is 5.13 Å². The zero-order valence-corrected chi connectivity index (χ0v) is 16.4. The number of benzene rings is 2. The smallest absolute Gasteiger partial charge is 0.311 e. The maximum atomic E-state index is 12.2. The number of nitro groups is 1. The molecule has 0 atom stereocenters. The first-order valence-electron chi connectivity index (χ1n) is 8.28. The number of carbonyl (C=O) groups is 1. The molecule has 3 rings (SSSR count). The Morgan fingerprint density at radius 1 is 1.31 bits per heavy atom. The van der Waals surface area contributed by atoms with E-state index in [1.807, 2.05) is 6.07 Å². The molecule has 0 saturated carbocycles. The Hall–Kier alpha value is -3.73. The maximum absolute atomic E-state index is 12.2. The highest BCUT2D eigenvalue weighted by atomic mass is 32.1. The monoisotopic (exact) mass is 415 g/mol. The fourth-order valence-corrected chi connectivity index (χ4v) is 3.44. The van der Waals surface area contributed by atoms with Crippen molar-refractivity contribution in [3.63, 3.8) is 0 Å². The van der Waals surface area contributed by atoms with Gasteiger partial charge in [0.05, 0.1) is 42.0 Å². The van der Waals surface area contributed by atoms with Crippen molar-refractivity contribution in [2.45, 2.75) is 6.42 Å². The van der Waals surface area contributed by atoms with E-state index in [4.69, 9.17) is 15.2 Å². The van der Waals surface area contributed by atoms with Gasteiger partial charge in [0.1, 0.15) is 5.75 Å². The Labute approximate surface area is 169 Å². The number of methoxy groups -OCH3 is 2. The Kier molecular flexibility index (Phi) is 5.88. The number of ether oxygens (including phenoxy) is 2. The lowest BCUT2D eigenvalue weighted by atomic mass is 10.1. The van der Waals surface area contributed by atoms with Crippen LogP contribution in [0, 0.1) is 10.1 Å². The molecule has 0 aliphatic heterocycles. The number of amides is 1. The average molecular weight is 415 g/mol. The third kappa shape index (κ3) is 4.58. The largest absolute Gasteiger partial charge is 0.496 e. The number of hydrazone groups is 1. The Morgan fingerprint density at radius 2 is 2.07 bits per heavy atom. The highest BCUT2D eigenvalue weighted by molar-refractivity contribution is 7.22. The molecule has 29 heavy (non-hydrogen) atoms. The molecule has 0 fully saturated rings. The van der Waals surface area contributed by atoms with Gasteiger partial charge in [-0.05, 0) is 17.7 Å². The minimum atomic E-state index is -0.573. The molecule has 1 amide bonds. The lowest BCUT2D eigenvalue weighted by molar-refractivity contribution is -0.385. The van der Waals surface area contributed by atoms with Gasteiger partial charge in [0.2, 0.25) is 11.7 Å². The summed E-state index contributed by atoms with van der Waals surface area (Å²) in [7, 11) is 2.74. The third-order valence-corrected chi connectivity index (χ3v) is 4.80. The first-order valence-corrected chi connectivity index (χ1v) is 9.10. The van der Waals surface area contributed by atoms with E-state index in [1.54, 1.807) is 12.1 Å². The van der Waals surface area contributed by atoms with Crippen LogP contribution >= 0.6 is 11.3 Å². The number of carbonyl (C=O) groups excluding carboxylic acids is 1. The van der Waals surface area contributed by atoms with Crippen LogP contribution in [0.2, 0.25) is 0 Å². The van der Waals surface area contributed by atoms with E-state index in [1.165, 1.54) is 43.9 Å². The number of fused-ring (bicyclic) bond motifs is 1. The molecule has 0 bridgehead atoms. The van der Waals surface area contributed by atoms with Crippen LogP contribution in [0.1, 0.15) is 11.1 Å². The second-order valence-electron chi connectivity index (χ2n) is 5.85. The summed E-state index contributed by atoms with van der Waals surface area (Å²) in [6.45, 7) is 0. The summed E-state index contributed by atoms with van der Waals surface area (Å²) in [6, 6.07) is 8.09. The summed E-state index contributed by atoms with van der Waals surface area (Å²) in [4.78, 5) is 26.9. The number of hydrogen-bond acceptors (Lipinski definition) is 9. The molecule has 3 N–H and O–H groups in total. The van der Waals surface area contributed by atoms with Crippen molar-refractivity contribution in [3.05, 3.63) is 51.6 Å². The van der Waals surface area contributed by atoms with E-state index in [0.29, 0.717) is 16.4 Å². The van der Waals surface area contributed by atoms with Crippen molar-refractivity contribution in [1.82, 2.24) is 10.4 Å². The minimum absolute atomic E-state index is 0.0622. The van der Waals surface area contributed by atoms with Gasteiger partial charge in [-0.3, -0.25) is 14.9 Å². The number of aromatic nitrogens is 1. The second-order valence-corrected chi connectivity index (χ2v) is 6.91. The summed E-state index contributed by atoms with van der Waals surface area (Å²) in [5.41, 5.74) is 9.73. The zero-order chi connectivity index (χ0) is 21.0. The summed E-state index contributed by atoms with van der Waals surface area (Å²) >= 11 is 1.35. The molecule has 2 aromatic carbocycles. The highest BCUT2D eigenvalue weighted by Gasteiger charge is 2.19. The summed E-state index contributed by atoms with van der Waals surface area (Å²) in [6.07, 6.45) is 1.38. The first kappa shape index (κ1) is 20.0. The van der Waals surface area contributed by atoms with Crippen LogP contribution in [0.4, 0.5) is 10.8 Å². The van der Waals surface area contributed by atoms with Crippen LogP contribution in [-0.2, 0) is 11.2 Å². The molecule has 1 aromatic heterocycles. The SMILES string of the molecule is COc1cc(OC)c([N+](=O)[O-])cc1/C=N\NC(=O)Cc1ccc2nc(N)sc2c1. The number of rotatable bonds is 7. The number of nitrogens with two attached hydrogens (primary N) is 1. The van der Waals surface area contributed by atoms with Gasteiger partial charge in [-0.1, -0.05) is 17.4 Å². The molecule has 0 radical (unpaired) electrons. The summed E-state index contributed by atoms with van der Waals surface area (Å²) < 4.78 is 11.1. The van der Waals surface area contributed by atoms with Crippen molar-refractivity contribution in [2.75, 3.05) is 20.0 Å². The molecule has 3 aromatic rings. The topological polar surface area (TPSA) is 142 Å². The van der Waals surface area contributed by atoms with Gasteiger partial charge < -0.3 is 15.2 Å². The maximum Gasteiger partial charge on any atom is 0.311 e. The normalized spacial score (nSPS) is 11.0. The lowest BCUT2D eigenvalue weighted by Gasteiger charge is -2.08. The molecule has 150 valence electrons. The number of nitrogen functional groups attached to an aromatic ring is 1. The fraction of sp³-hybridized carbons (Fsp3) is 0.167. The number of nitro benzene ring substituents is 1. The van der Waals surface area contributed by atoms with Crippen molar-refractivity contribution in [3.8, 4) is 11.5 Å². The predicted molar refractivity (Wildman–Crippen MR) is 110 cm³/mol. The highest BCUT2D eigenvalue weighted by Crippen LogP contribution is 2.33. The lowest BCUT2D eigenvalue weighted by Crippen LogP contribution is -2.19. The van der Waals surface area contributed by atoms with Gasteiger partial charge in [-0.25, -0.2) is 10.4 Å². The van der Waals surface area contributed by atoms with Gasteiger partial charge in [-0.15, -0.1) is 0 Å². The van der Waals surface area contributed by atoms with Crippen molar-refractivity contribution in [1.29, 1.82) is 0 Å². The van der Waals surface area contributed by atoms with E-state index >= 15 is 0 Å². The number of anilines is 1. The van der Waals surface area contributed by atoms with E-state index in [-0.39, 0.29) is 23.8 Å². The van der Waals surface area contributed by atoms with Crippen LogP contribution in [0.15, 0.2) is 35.4 Å². The molecular formula is C18H17N5O5S. The first-order chi connectivity index (χ1) is 13.9. The predicted octanol–water partition coefficient (Wildman–Crippen LogP) is 2.50. The van der Waals surface area contributed by atoms with E-state index in [9.17, 15) is 14.9 Å². The summed E-state index contributed by atoms with van der Waals surface area (Å²) in [5.74, 6) is 0.0332. The molecule has 0 aliphatic rings. The molecule has 0 aliphatic carbocycles. The van der Waals surface area contributed by atoms with Crippen LogP contribution in [0.3, 0.4) is 0 Å². The van der Waals surface area contributed by atoms with Gasteiger partial charge in [0.25, 0.3) is 0 Å². The molecule has 0 spiro atoms. The van der Waals surface area contributed by atoms with E-state index < -0.39 is 4.92 Å². The standard InChI is InChI=1S/C18H17N5O5S/c1-27-14-8-15(28-2)13(23(25)26)7-11(14)9-20-22-17(24)6-10-3-4-12-16(5-10)29-18(19)21-12/h3-5,7-9H,6H2,1-2H3,(H2,19,21)(H,22,24)/b20-9-. The molecule has 11 heteroatoms. The van der Waals surface area contributed by atoms with Crippen molar-refractivity contribution < 1.29 is 19.2 Å². The number of hydrogen-bond donors (Lipinski definition) is 2. The third-order valence-electron chi connectivity index (χ3n) is 3.95. The number of nitrogens with one attached hydrogen (secondary N) is 1. The summed E-state index contributed by atoms with van der Waals surface area (Å²) in [5, 5.41) is 15.5. The van der Waals surface area contributed by atoms with Crippen LogP contribution in [0.5, 0.6) is 11.5 Å². The number of thiazole rings is 1. The molecule has 1 heterocycles. The Balaban J connectivity index is 1.71. The van der Waals surface area contributed by atoms with Crippen LogP contribution < -0.4 is 20.6 Å². The molecule has 10 nitrogen and oxygen atoms in total. The fourth-order valence-electron chi connectivity index (χ4n) is 2.65.